The topological polar surface area (TPSA) is 63.8 Å². The molecule has 0 saturated heterocycles. The van der Waals surface area contributed by atoms with Gasteiger partial charge in [-0.3, -0.25) is 0 Å². The summed E-state index contributed by atoms with van der Waals surface area (Å²) in [5.74, 6) is 2.05. The normalized spacial score (nSPS) is 10.8. The van der Waals surface area contributed by atoms with E-state index in [2.05, 4.69) is 31.0 Å². The molecule has 2 rings (SSSR count). The van der Waals surface area contributed by atoms with Crippen LogP contribution in [0, 0.1) is 13.8 Å². The summed E-state index contributed by atoms with van der Waals surface area (Å²) < 4.78 is 2.46. The van der Waals surface area contributed by atoms with Gasteiger partial charge in [0.2, 0.25) is 0 Å². The van der Waals surface area contributed by atoms with E-state index in [0.29, 0.717) is 17.2 Å². The van der Waals surface area contributed by atoms with Crippen molar-refractivity contribution >= 4 is 15.9 Å². The molecule has 0 aliphatic heterocycles. The fourth-order valence-corrected chi connectivity index (χ4v) is 1.88. The fourth-order valence-electron chi connectivity index (χ4n) is 1.50. The highest BCUT2D eigenvalue weighted by atomic mass is 79.9. The molecular formula is C10H11BrN4O. The maximum absolute atomic E-state index is 9.28. The third kappa shape index (κ3) is 1.98. The van der Waals surface area contributed by atoms with E-state index in [-0.39, 0.29) is 6.61 Å². The van der Waals surface area contributed by atoms with Gasteiger partial charge in [0.15, 0.2) is 5.82 Å². The van der Waals surface area contributed by atoms with E-state index in [0.717, 1.165) is 10.3 Å². The number of aliphatic hydroxyl groups excluding tert-OH is 1. The highest BCUT2D eigenvalue weighted by Crippen LogP contribution is 2.17. The monoisotopic (exact) mass is 282 g/mol. The number of nitrogens with zero attached hydrogens (tertiary/aromatic N) is 4. The SMILES string of the molecule is Cc1nc(C)n(-c2ncc(Br)cc2CO)n1. The van der Waals surface area contributed by atoms with Gasteiger partial charge < -0.3 is 5.11 Å². The summed E-state index contributed by atoms with van der Waals surface area (Å²) in [5, 5.41) is 13.5. The Balaban J connectivity index is 2.59. The van der Waals surface area contributed by atoms with Crippen LogP contribution in [-0.2, 0) is 6.61 Å². The van der Waals surface area contributed by atoms with Gasteiger partial charge in [-0.1, -0.05) is 0 Å². The molecule has 5 nitrogen and oxygen atoms in total. The van der Waals surface area contributed by atoms with Gasteiger partial charge in [0.1, 0.15) is 11.6 Å². The molecule has 84 valence electrons. The Hall–Kier alpha value is -1.27. The average Bonchev–Trinajstić information content (AvgIpc) is 2.57. The zero-order valence-electron chi connectivity index (χ0n) is 8.98. The lowest BCUT2D eigenvalue weighted by Crippen LogP contribution is -2.06. The lowest BCUT2D eigenvalue weighted by molar-refractivity contribution is 0.280. The Morgan fingerprint density at radius 2 is 2.19 bits per heavy atom. The molecule has 0 aliphatic rings. The summed E-state index contributed by atoms with van der Waals surface area (Å²) in [6.45, 7) is 3.59. The van der Waals surface area contributed by atoms with Crippen molar-refractivity contribution < 1.29 is 5.11 Å². The molecule has 0 aliphatic carbocycles. The first-order valence-corrected chi connectivity index (χ1v) is 5.57. The Bertz CT molecular complexity index is 524. The zero-order chi connectivity index (χ0) is 11.7. The predicted molar refractivity (Wildman–Crippen MR) is 62.3 cm³/mol. The Morgan fingerprint density at radius 1 is 1.44 bits per heavy atom. The van der Waals surface area contributed by atoms with Crippen molar-refractivity contribution in [1.29, 1.82) is 0 Å². The second-order valence-corrected chi connectivity index (χ2v) is 4.33. The van der Waals surface area contributed by atoms with Gasteiger partial charge in [-0.05, 0) is 35.8 Å². The Morgan fingerprint density at radius 3 is 2.75 bits per heavy atom. The molecule has 6 heteroatoms. The molecule has 2 aromatic rings. The van der Waals surface area contributed by atoms with Crippen LogP contribution < -0.4 is 0 Å². The van der Waals surface area contributed by atoms with E-state index in [1.165, 1.54) is 0 Å². The molecule has 16 heavy (non-hydrogen) atoms. The van der Waals surface area contributed by atoms with Crippen LogP contribution in [0.2, 0.25) is 0 Å². The van der Waals surface area contributed by atoms with Crippen molar-refractivity contribution in [2.75, 3.05) is 0 Å². The van der Waals surface area contributed by atoms with Crippen LogP contribution in [0.3, 0.4) is 0 Å². The highest BCUT2D eigenvalue weighted by molar-refractivity contribution is 9.10. The van der Waals surface area contributed by atoms with Gasteiger partial charge in [0.25, 0.3) is 0 Å². The smallest absolute Gasteiger partial charge is 0.161 e. The highest BCUT2D eigenvalue weighted by Gasteiger charge is 2.11. The number of hydrogen-bond acceptors (Lipinski definition) is 4. The van der Waals surface area contributed by atoms with E-state index in [1.54, 1.807) is 10.9 Å². The number of halogens is 1. The molecule has 0 saturated carbocycles. The molecule has 0 spiro atoms. The number of aromatic nitrogens is 4. The largest absolute Gasteiger partial charge is 0.392 e. The first-order valence-electron chi connectivity index (χ1n) is 4.77. The number of hydrogen-bond donors (Lipinski definition) is 1. The van der Waals surface area contributed by atoms with E-state index >= 15 is 0 Å². The van der Waals surface area contributed by atoms with Crippen molar-refractivity contribution in [2.24, 2.45) is 0 Å². The molecule has 0 fully saturated rings. The molecule has 0 radical (unpaired) electrons. The van der Waals surface area contributed by atoms with Gasteiger partial charge in [0, 0.05) is 16.2 Å². The van der Waals surface area contributed by atoms with E-state index in [9.17, 15) is 5.11 Å². The van der Waals surface area contributed by atoms with E-state index in [1.807, 2.05) is 19.9 Å². The van der Waals surface area contributed by atoms with Gasteiger partial charge in [-0.2, -0.15) is 4.68 Å². The average molecular weight is 283 g/mol. The molecule has 1 N–H and O–H groups in total. The quantitative estimate of drug-likeness (QED) is 0.908. The second kappa shape index (κ2) is 4.31. The number of rotatable bonds is 2. The fraction of sp³-hybridized carbons (Fsp3) is 0.300. The third-order valence-corrected chi connectivity index (χ3v) is 2.59. The van der Waals surface area contributed by atoms with Crippen molar-refractivity contribution in [3.63, 3.8) is 0 Å². The molecule has 0 atom stereocenters. The first kappa shape index (κ1) is 11.2. The van der Waals surface area contributed by atoms with E-state index < -0.39 is 0 Å². The molecule has 0 amide bonds. The summed E-state index contributed by atoms with van der Waals surface area (Å²) in [7, 11) is 0. The van der Waals surface area contributed by atoms with Gasteiger partial charge in [-0.25, -0.2) is 9.97 Å². The lowest BCUT2D eigenvalue weighted by Gasteiger charge is -2.07. The lowest BCUT2D eigenvalue weighted by atomic mass is 10.3. The van der Waals surface area contributed by atoms with Crippen LogP contribution in [0.15, 0.2) is 16.7 Å². The van der Waals surface area contributed by atoms with Crippen LogP contribution in [-0.4, -0.2) is 24.9 Å². The number of aryl methyl sites for hydroxylation is 2. The maximum atomic E-state index is 9.28. The van der Waals surface area contributed by atoms with Crippen molar-refractivity contribution in [1.82, 2.24) is 19.7 Å². The van der Waals surface area contributed by atoms with Crippen LogP contribution in [0.25, 0.3) is 5.82 Å². The number of pyridine rings is 1. The van der Waals surface area contributed by atoms with Crippen LogP contribution in [0.4, 0.5) is 0 Å². The maximum Gasteiger partial charge on any atom is 0.161 e. The minimum Gasteiger partial charge on any atom is -0.392 e. The van der Waals surface area contributed by atoms with Crippen LogP contribution >= 0.6 is 15.9 Å². The molecule has 0 bridgehead atoms. The van der Waals surface area contributed by atoms with Crippen molar-refractivity contribution in [3.8, 4) is 5.82 Å². The standard InChI is InChI=1S/C10H11BrN4O/c1-6-13-7(2)15(14-6)10-8(5-16)3-9(11)4-12-10/h3-4,16H,5H2,1-2H3. The summed E-state index contributed by atoms with van der Waals surface area (Å²) in [5.41, 5.74) is 0.711. The van der Waals surface area contributed by atoms with Crippen LogP contribution in [0.1, 0.15) is 17.2 Å². The molecular weight excluding hydrogens is 272 g/mol. The first-order chi connectivity index (χ1) is 7.61. The summed E-state index contributed by atoms with van der Waals surface area (Å²) in [6.07, 6.45) is 1.67. The van der Waals surface area contributed by atoms with Gasteiger partial charge in [0.05, 0.1) is 6.61 Å². The van der Waals surface area contributed by atoms with E-state index in [4.69, 9.17) is 0 Å². The summed E-state index contributed by atoms with van der Waals surface area (Å²) in [6, 6.07) is 1.82. The molecule has 2 heterocycles. The van der Waals surface area contributed by atoms with Gasteiger partial charge in [-0.15, -0.1) is 5.10 Å². The molecule has 2 aromatic heterocycles. The van der Waals surface area contributed by atoms with Crippen molar-refractivity contribution in [3.05, 3.63) is 33.9 Å². The zero-order valence-corrected chi connectivity index (χ0v) is 10.6. The Kier molecular flexibility index (Phi) is 3.02. The summed E-state index contributed by atoms with van der Waals surface area (Å²) in [4.78, 5) is 8.45. The Labute approximate surface area is 101 Å². The minimum atomic E-state index is -0.0832. The molecule has 0 unspecified atom stereocenters. The third-order valence-electron chi connectivity index (χ3n) is 2.16. The number of aliphatic hydroxyl groups is 1. The van der Waals surface area contributed by atoms with Gasteiger partial charge >= 0.3 is 0 Å². The van der Waals surface area contributed by atoms with Crippen LogP contribution in [0.5, 0.6) is 0 Å². The van der Waals surface area contributed by atoms with Crippen molar-refractivity contribution in [2.45, 2.75) is 20.5 Å². The minimum absolute atomic E-state index is 0.0832. The second-order valence-electron chi connectivity index (χ2n) is 3.41. The predicted octanol–water partition coefficient (Wildman–Crippen LogP) is 1.53. The summed E-state index contributed by atoms with van der Waals surface area (Å²) >= 11 is 3.31. The molecule has 0 aromatic carbocycles.